The van der Waals surface area contributed by atoms with Crippen molar-refractivity contribution >= 4 is 17.9 Å². The van der Waals surface area contributed by atoms with Gasteiger partial charge in [-0.25, -0.2) is 0 Å². The average molecular weight is 1210 g/mol. The average Bonchev–Trinajstić information content (AvgIpc) is 3.57. The van der Waals surface area contributed by atoms with Crippen molar-refractivity contribution in [2.24, 2.45) is 0 Å². The van der Waals surface area contributed by atoms with Gasteiger partial charge >= 0.3 is 11.9 Å². The minimum absolute atomic E-state index is 0.130. The molecular formula is C78H129NO8. The van der Waals surface area contributed by atoms with Gasteiger partial charge in [0.25, 0.3) is 0 Å². The molecule has 2 atom stereocenters. The molecule has 0 saturated heterocycles. The maximum Gasteiger partial charge on any atom is 0.306 e. The highest BCUT2D eigenvalue weighted by molar-refractivity contribution is 5.70. The maximum absolute atomic E-state index is 12.9. The normalized spacial score (nSPS) is 13.6. The van der Waals surface area contributed by atoms with Gasteiger partial charge in [0.15, 0.2) is 12.4 Å². The third kappa shape index (κ3) is 68.5. The zero-order valence-electron chi connectivity index (χ0n) is 56.3. The first-order chi connectivity index (χ1) is 42.6. The summed E-state index contributed by atoms with van der Waals surface area (Å²) in [6.07, 6.45) is 95.1. The van der Waals surface area contributed by atoms with Gasteiger partial charge in [0, 0.05) is 12.8 Å². The molecule has 2 unspecified atom stereocenters. The molecule has 0 aliphatic heterocycles. The van der Waals surface area contributed by atoms with Crippen molar-refractivity contribution in [3.8, 4) is 0 Å². The summed E-state index contributed by atoms with van der Waals surface area (Å²) in [5.74, 6) is -2.37. The van der Waals surface area contributed by atoms with Gasteiger partial charge in [-0.2, -0.15) is 0 Å². The largest absolute Gasteiger partial charge is 0.545 e. The zero-order valence-corrected chi connectivity index (χ0v) is 56.3. The molecule has 0 aliphatic rings. The number of hydrogen-bond acceptors (Lipinski definition) is 8. The van der Waals surface area contributed by atoms with Crippen LogP contribution in [0.3, 0.4) is 0 Å². The van der Waals surface area contributed by atoms with Crippen LogP contribution in [0.25, 0.3) is 0 Å². The molecule has 9 heteroatoms. The molecule has 87 heavy (non-hydrogen) atoms. The van der Waals surface area contributed by atoms with E-state index in [0.717, 1.165) is 89.9 Å². The topological polar surface area (TPSA) is 111 Å². The molecule has 0 radical (unpaired) electrons. The summed E-state index contributed by atoms with van der Waals surface area (Å²) in [7, 11) is 5.90. The Balaban J connectivity index is 4.23. The van der Waals surface area contributed by atoms with Crippen LogP contribution in [0.4, 0.5) is 0 Å². The summed E-state index contributed by atoms with van der Waals surface area (Å²) < 4.78 is 22.7. The standard InChI is InChI=1S/C78H129NO8/c1-6-8-10-12-14-16-18-20-22-24-26-28-30-32-34-36-37-38-39-41-42-44-46-48-50-52-54-56-58-60-62-64-66-68-75(80)85-72-74(73-86-78(77(82)83)84-71-70-79(3,4)5)87-76(81)69-67-65-63-61-59-57-55-53-51-49-47-45-43-40-35-33-31-29-27-25-23-21-19-17-15-13-11-9-7-2/h9,11,15,17-18,20-21,23-24,26-27,29-30,32-33,35,43,45,49,51,55,57,61,63,74,78H,6-8,10,12-14,16,19,22,25,28,31,34,36-42,44,46-48,50,52-54,56,58-60,62,64-73H2,1-5H3/b11-9-,17-15-,20-18-,23-21-,26-24-,29-27-,32-30-,35-33-,45-43-,51-49-,57-55-,63-61-. The molecule has 0 rings (SSSR count). The van der Waals surface area contributed by atoms with Crippen LogP contribution >= 0.6 is 0 Å². The van der Waals surface area contributed by atoms with Gasteiger partial charge < -0.3 is 33.3 Å². The first-order valence-corrected chi connectivity index (χ1v) is 35.0. The number of nitrogens with zero attached hydrogens (tertiary/aromatic N) is 1. The Morgan fingerprint density at radius 3 is 1.01 bits per heavy atom. The lowest BCUT2D eigenvalue weighted by atomic mass is 10.0. The molecule has 0 N–H and O–H groups in total. The Kier molecular flexibility index (Phi) is 63.4. The molecule has 0 aromatic carbocycles. The van der Waals surface area contributed by atoms with Gasteiger partial charge in [0.05, 0.1) is 40.3 Å². The lowest BCUT2D eigenvalue weighted by Gasteiger charge is -2.26. The number of aliphatic carboxylic acids is 1. The first kappa shape index (κ1) is 82.2. The number of hydrogen-bond donors (Lipinski definition) is 0. The van der Waals surface area contributed by atoms with Crippen molar-refractivity contribution in [3.05, 3.63) is 146 Å². The SMILES string of the molecule is CC/C=C\C/C=C\C/C=C\C/C=C\C/C=C\C/C=C\C/C=C\C/C=C\C/C=C\CCCC(=O)OC(COC(=O)CCCCCCCCCCCCCCCCCCCC/C=C\C/C=C\C/C=C\CCCCCCC)COC(OCC[N+](C)(C)C)C(=O)[O-]. The predicted octanol–water partition coefficient (Wildman–Crippen LogP) is 20.6. The van der Waals surface area contributed by atoms with Gasteiger partial charge in [0.2, 0.25) is 0 Å². The van der Waals surface area contributed by atoms with Crippen molar-refractivity contribution < 1.29 is 42.9 Å². The smallest absolute Gasteiger partial charge is 0.306 e. The van der Waals surface area contributed by atoms with E-state index in [-0.39, 0.29) is 38.6 Å². The van der Waals surface area contributed by atoms with E-state index >= 15 is 0 Å². The Bertz CT molecular complexity index is 1940. The highest BCUT2D eigenvalue weighted by atomic mass is 16.7. The van der Waals surface area contributed by atoms with Crippen molar-refractivity contribution in [1.29, 1.82) is 0 Å². The monoisotopic (exact) mass is 1210 g/mol. The lowest BCUT2D eigenvalue weighted by Crippen LogP contribution is -2.44. The van der Waals surface area contributed by atoms with Crippen molar-refractivity contribution in [1.82, 2.24) is 0 Å². The number of carbonyl (C=O) groups is 3. The lowest BCUT2D eigenvalue weighted by molar-refractivity contribution is -0.870. The third-order valence-corrected chi connectivity index (χ3v) is 14.6. The molecule has 0 fully saturated rings. The molecule has 0 aromatic heterocycles. The molecule has 0 bridgehead atoms. The van der Waals surface area contributed by atoms with Crippen LogP contribution in [0.15, 0.2) is 146 Å². The van der Waals surface area contributed by atoms with Gasteiger partial charge in [-0.05, 0) is 116 Å². The van der Waals surface area contributed by atoms with Gasteiger partial charge in [-0.1, -0.05) is 288 Å². The Morgan fingerprint density at radius 2 is 0.667 bits per heavy atom. The molecule has 0 amide bonds. The fraction of sp³-hybridized carbons (Fsp3) is 0.654. The minimum Gasteiger partial charge on any atom is -0.545 e. The van der Waals surface area contributed by atoms with E-state index in [1.54, 1.807) is 0 Å². The first-order valence-electron chi connectivity index (χ1n) is 35.0. The highest BCUT2D eigenvalue weighted by Crippen LogP contribution is 2.16. The molecular weight excluding hydrogens is 1080 g/mol. The van der Waals surface area contributed by atoms with Gasteiger partial charge in [-0.15, -0.1) is 0 Å². The maximum atomic E-state index is 12.9. The van der Waals surface area contributed by atoms with Gasteiger partial charge in [-0.3, -0.25) is 9.59 Å². The number of quaternary nitrogens is 1. The number of rotatable bonds is 63. The molecule has 0 spiro atoms. The number of carbonyl (C=O) groups excluding carboxylic acids is 3. The van der Waals surface area contributed by atoms with E-state index < -0.39 is 24.3 Å². The van der Waals surface area contributed by atoms with Crippen molar-refractivity contribution in [3.63, 3.8) is 0 Å². The van der Waals surface area contributed by atoms with Crippen molar-refractivity contribution in [2.45, 2.75) is 283 Å². The number of likely N-dealkylation sites (N-methyl/N-ethyl adjacent to an activating group) is 1. The minimum atomic E-state index is -1.65. The highest BCUT2D eigenvalue weighted by Gasteiger charge is 2.22. The quantitative estimate of drug-likeness (QED) is 0.0195. The number of carboxylic acids is 1. The number of unbranched alkanes of at least 4 members (excludes halogenated alkanes) is 24. The molecule has 0 aliphatic carbocycles. The van der Waals surface area contributed by atoms with Crippen LogP contribution in [0.1, 0.15) is 271 Å². The summed E-state index contributed by atoms with van der Waals surface area (Å²) in [6.45, 7) is 4.56. The van der Waals surface area contributed by atoms with Crippen LogP contribution in [0.5, 0.6) is 0 Å². The summed E-state index contributed by atoms with van der Waals surface area (Å²) >= 11 is 0. The van der Waals surface area contributed by atoms with E-state index in [2.05, 4.69) is 160 Å². The molecule has 0 heterocycles. The van der Waals surface area contributed by atoms with Crippen LogP contribution < -0.4 is 5.11 Å². The zero-order chi connectivity index (χ0) is 63.3. The molecule has 0 aromatic rings. The summed E-state index contributed by atoms with van der Waals surface area (Å²) in [5.41, 5.74) is 0. The van der Waals surface area contributed by atoms with Crippen molar-refractivity contribution in [2.75, 3.05) is 47.5 Å². The Morgan fingerprint density at radius 1 is 0.356 bits per heavy atom. The molecule has 9 nitrogen and oxygen atoms in total. The van der Waals surface area contributed by atoms with Crippen LogP contribution in [0.2, 0.25) is 0 Å². The Labute approximate surface area is 534 Å². The fourth-order valence-electron chi connectivity index (χ4n) is 9.25. The number of carboxylic acid groups (broad SMARTS) is 1. The summed E-state index contributed by atoms with van der Waals surface area (Å²) in [5, 5.41) is 11.8. The number of allylic oxidation sites excluding steroid dienone is 24. The second-order valence-electron chi connectivity index (χ2n) is 24.1. The van der Waals surface area contributed by atoms with E-state index in [9.17, 15) is 19.5 Å². The van der Waals surface area contributed by atoms with E-state index in [0.29, 0.717) is 23.9 Å². The van der Waals surface area contributed by atoms with Crippen LogP contribution in [-0.2, 0) is 33.3 Å². The number of esters is 2. The molecule has 494 valence electrons. The second kappa shape index (κ2) is 67.1. The van der Waals surface area contributed by atoms with E-state index in [4.69, 9.17) is 18.9 Å². The number of ether oxygens (including phenoxy) is 4. The van der Waals surface area contributed by atoms with E-state index in [1.807, 2.05) is 21.1 Å². The van der Waals surface area contributed by atoms with Crippen LogP contribution in [0, 0.1) is 0 Å². The summed E-state index contributed by atoms with van der Waals surface area (Å²) in [4.78, 5) is 37.5. The molecule has 0 saturated carbocycles. The Hall–Kier alpha value is -4.83. The summed E-state index contributed by atoms with van der Waals surface area (Å²) in [6, 6.07) is 0. The fourth-order valence-corrected chi connectivity index (χ4v) is 9.25. The van der Waals surface area contributed by atoms with E-state index in [1.165, 1.54) is 141 Å². The second-order valence-corrected chi connectivity index (χ2v) is 24.1. The third-order valence-electron chi connectivity index (χ3n) is 14.6. The van der Waals surface area contributed by atoms with Gasteiger partial charge in [0.1, 0.15) is 13.2 Å². The van der Waals surface area contributed by atoms with Crippen LogP contribution in [-0.4, -0.2) is 82.3 Å². The predicted molar refractivity (Wildman–Crippen MR) is 370 cm³/mol.